The smallest absolute Gasteiger partial charge is 0.227 e. The quantitative estimate of drug-likeness (QED) is 0.723. The van der Waals surface area contributed by atoms with E-state index in [1.54, 1.807) is 48.5 Å². The van der Waals surface area contributed by atoms with Gasteiger partial charge in [-0.3, -0.25) is 0 Å². The Morgan fingerprint density at radius 2 is 1.88 bits per heavy atom. The van der Waals surface area contributed by atoms with E-state index in [-0.39, 0.29) is 11.5 Å². The third-order valence-corrected chi connectivity index (χ3v) is 3.64. The van der Waals surface area contributed by atoms with Crippen molar-refractivity contribution in [1.82, 2.24) is 9.97 Å². The van der Waals surface area contributed by atoms with E-state index >= 15 is 0 Å². The summed E-state index contributed by atoms with van der Waals surface area (Å²) in [5.74, 6) is -0.990. The van der Waals surface area contributed by atoms with Crippen molar-refractivity contribution in [1.29, 1.82) is 5.26 Å². The lowest BCUT2D eigenvalue weighted by Crippen LogP contribution is -2.09. The number of halogens is 1. The molecule has 2 aromatic carbocycles. The van der Waals surface area contributed by atoms with Gasteiger partial charge in [-0.15, -0.1) is 0 Å². The molecule has 0 spiro atoms. The second-order valence-corrected chi connectivity index (χ2v) is 5.25. The van der Waals surface area contributed by atoms with Crippen LogP contribution in [-0.4, -0.2) is 16.3 Å². The van der Waals surface area contributed by atoms with Gasteiger partial charge in [0.25, 0.3) is 0 Å². The normalized spacial score (nSPS) is 11.4. The van der Waals surface area contributed by atoms with Gasteiger partial charge in [0.15, 0.2) is 0 Å². The van der Waals surface area contributed by atoms with Gasteiger partial charge in [0, 0.05) is 17.4 Å². The van der Waals surface area contributed by atoms with Gasteiger partial charge in [-0.05, 0) is 36.4 Å². The predicted molar refractivity (Wildman–Crippen MR) is 90.8 cm³/mol. The highest BCUT2D eigenvalue weighted by Crippen LogP contribution is 2.24. The molecule has 122 valence electrons. The maximum atomic E-state index is 14.0. The van der Waals surface area contributed by atoms with Crippen molar-refractivity contribution >= 4 is 17.9 Å². The highest BCUT2D eigenvalue weighted by atomic mass is 19.1. The zero-order valence-electron chi connectivity index (χ0n) is 13.1. The van der Waals surface area contributed by atoms with Crippen LogP contribution in [0.3, 0.4) is 0 Å². The lowest BCUT2D eigenvalue weighted by Gasteiger charge is -2.12. The molecule has 3 aromatic rings. The molecule has 0 aliphatic rings. The summed E-state index contributed by atoms with van der Waals surface area (Å²) in [4.78, 5) is 19.9. The minimum absolute atomic E-state index is 0.264. The van der Waals surface area contributed by atoms with Crippen LogP contribution >= 0.6 is 0 Å². The monoisotopic (exact) mass is 332 g/mol. The number of nitrogens with one attached hydrogen (secondary N) is 1. The van der Waals surface area contributed by atoms with Crippen LogP contribution in [0.4, 0.5) is 16.0 Å². The number of carbonyl (C=O) groups excluding carboxylic acids is 1. The molecule has 0 fully saturated rings. The van der Waals surface area contributed by atoms with Gasteiger partial charge in [0.05, 0.1) is 23.2 Å². The van der Waals surface area contributed by atoms with E-state index in [1.165, 1.54) is 12.3 Å². The summed E-state index contributed by atoms with van der Waals surface area (Å²) in [6.07, 6.45) is 2.16. The first kappa shape index (κ1) is 16.3. The van der Waals surface area contributed by atoms with Crippen LogP contribution in [0.1, 0.15) is 22.7 Å². The fourth-order valence-electron chi connectivity index (χ4n) is 2.39. The Balaban J connectivity index is 1.88. The lowest BCUT2D eigenvalue weighted by molar-refractivity contribution is -0.108. The molecule has 0 bridgehead atoms. The third kappa shape index (κ3) is 3.67. The Kier molecular flexibility index (Phi) is 4.77. The Morgan fingerprint density at radius 3 is 2.56 bits per heavy atom. The number of hydrogen-bond donors (Lipinski definition) is 1. The number of nitriles is 1. The van der Waals surface area contributed by atoms with E-state index in [9.17, 15) is 9.18 Å². The standard InChI is InChI=1S/C19H13FN4O/c20-17-4-2-1-3-15(17)16(12-25)18-9-10-22-19(24-18)23-14-7-5-13(11-21)6-8-14/h1-10,12,16H,(H,22,23,24). The number of hydrogen-bond acceptors (Lipinski definition) is 5. The minimum Gasteiger partial charge on any atom is -0.324 e. The summed E-state index contributed by atoms with van der Waals surface area (Å²) in [5.41, 5.74) is 1.90. The molecule has 0 aliphatic carbocycles. The Labute approximate surface area is 143 Å². The number of aldehydes is 1. The summed E-state index contributed by atoms with van der Waals surface area (Å²) < 4.78 is 14.0. The SMILES string of the molecule is N#Cc1ccc(Nc2nccc(C(C=O)c3ccccc3F)n2)cc1. The molecule has 0 amide bonds. The number of anilines is 2. The van der Waals surface area contributed by atoms with Gasteiger partial charge >= 0.3 is 0 Å². The maximum absolute atomic E-state index is 14.0. The highest BCUT2D eigenvalue weighted by molar-refractivity contribution is 5.67. The molecule has 1 unspecified atom stereocenters. The zero-order valence-corrected chi connectivity index (χ0v) is 13.1. The van der Waals surface area contributed by atoms with Crippen molar-refractivity contribution in [2.24, 2.45) is 0 Å². The molecule has 1 heterocycles. The fraction of sp³-hybridized carbons (Fsp3) is 0.0526. The van der Waals surface area contributed by atoms with Crippen molar-refractivity contribution in [2.75, 3.05) is 5.32 Å². The van der Waals surface area contributed by atoms with Crippen molar-refractivity contribution in [2.45, 2.75) is 5.92 Å². The minimum atomic E-state index is -0.814. The molecule has 5 nitrogen and oxygen atoms in total. The number of aromatic nitrogens is 2. The first-order chi connectivity index (χ1) is 12.2. The molecule has 1 N–H and O–H groups in total. The van der Waals surface area contributed by atoms with Crippen molar-refractivity contribution < 1.29 is 9.18 Å². The van der Waals surface area contributed by atoms with Crippen LogP contribution in [-0.2, 0) is 4.79 Å². The van der Waals surface area contributed by atoms with Crippen LogP contribution in [0.15, 0.2) is 60.8 Å². The summed E-state index contributed by atoms with van der Waals surface area (Å²) >= 11 is 0. The van der Waals surface area contributed by atoms with E-state index < -0.39 is 11.7 Å². The highest BCUT2D eigenvalue weighted by Gasteiger charge is 2.19. The van der Waals surface area contributed by atoms with Crippen LogP contribution < -0.4 is 5.32 Å². The molecule has 0 saturated carbocycles. The average Bonchev–Trinajstić information content (AvgIpc) is 2.65. The van der Waals surface area contributed by atoms with Crippen LogP contribution in [0.5, 0.6) is 0 Å². The molecular weight excluding hydrogens is 319 g/mol. The molecule has 1 atom stereocenters. The summed E-state index contributed by atoms with van der Waals surface area (Å²) in [5, 5.41) is 11.8. The molecule has 0 radical (unpaired) electrons. The topological polar surface area (TPSA) is 78.7 Å². The maximum Gasteiger partial charge on any atom is 0.227 e. The lowest BCUT2D eigenvalue weighted by atomic mass is 9.96. The summed E-state index contributed by atoms with van der Waals surface area (Å²) in [6, 6.07) is 16.5. The Bertz CT molecular complexity index is 935. The van der Waals surface area contributed by atoms with E-state index in [0.29, 0.717) is 23.2 Å². The number of nitrogens with zero attached hydrogens (tertiary/aromatic N) is 3. The molecule has 3 rings (SSSR count). The largest absolute Gasteiger partial charge is 0.324 e. The molecule has 0 saturated heterocycles. The van der Waals surface area contributed by atoms with Gasteiger partial charge in [-0.2, -0.15) is 5.26 Å². The first-order valence-corrected chi connectivity index (χ1v) is 7.51. The van der Waals surface area contributed by atoms with Gasteiger partial charge in [-0.1, -0.05) is 18.2 Å². The molecular formula is C19H13FN4O. The molecule has 25 heavy (non-hydrogen) atoms. The number of carbonyl (C=O) groups is 1. The molecule has 1 aromatic heterocycles. The fourth-order valence-corrected chi connectivity index (χ4v) is 2.39. The van der Waals surface area contributed by atoms with Crippen molar-refractivity contribution in [3.63, 3.8) is 0 Å². The average molecular weight is 332 g/mol. The third-order valence-electron chi connectivity index (χ3n) is 3.64. The van der Waals surface area contributed by atoms with Crippen LogP contribution in [0.2, 0.25) is 0 Å². The van der Waals surface area contributed by atoms with E-state index in [2.05, 4.69) is 15.3 Å². The van der Waals surface area contributed by atoms with Gasteiger partial charge in [-0.25, -0.2) is 14.4 Å². The van der Waals surface area contributed by atoms with E-state index in [1.807, 2.05) is 6.07 Å². The number of benzene rings is 2. The van der Waals surface area contributed by atoms with Crippen LogP contribution in [0, 0.1) is 17.1 Å². The van der Waals surface area contributed by atoms with Crippen LogP contribution in [0.25, 0.3) is 0 Å². The number of rotatable bonds is 5. The van der Waals surface area contributed by atoms with E-state index in [0.717, 1.165) is 0 Å². The predicted octanol–water partition coefficient (Wildman–Crippen LogP) is 3.56. The van der Waals surface area contributed by atoms with Gasteiger partial charge in [0.2, 0.25) is 5.95 Å². The Hall–Kier alpha value is -3.59. The summed E-state index contributed by atoms with van der Waals surface area (Å²) in [6.45, 7) is 0. The van der Waals surface area contributed by atoms with Crippen molar-refractivity contribution in [3.8, 4) is 6.07 Å². The zero-order chi connectivity index (χ0) is 17.6. The second kappa shape index (κ2) is 7.32. The summed E-state index contributed by atoms with van der Waals surface area (Å²) in [7, 11) is 0. The first-order valence-electron chi connectivity index (χ1n) is 7.51. The molecule has 6 heteroatoms. The Morgan fingerprint density at radius 1 is 1.12 bits per heavy atom. The van der Waals surface area contributed by atoms with E-state index in [4.69, 9.17) is 5.26 Å². The van der Waals surface area contributed by atoms with Gasteiger partial charge in [0.1, 0.15) is 12.1 Å². The van der Waals surface area contributed by atoms with Crippen molar-refractivity contribution in [3.05, 3.63) is 83.4 Å². The van der Waals surface area contributed by atoms with Gasteiger partial charge < -0.3 is 10.1 Å². The second-order valence-electron chi connectivity index (χ2n) is 5.25. The molecule has 0 aliphatic heterocycles.